The first kappa shape index (κ1) is 20.3. The summed E-state index contributed by atoms with van der Waals surface area (Å²) in [6.45, 7) is 7.85. The lowest BCUT2D eigenvalue weighted by Gasteiger charge is -2.21. The maximum atomic E-state index is 14.6. The molecule has 2 aliphatic heterocycles. The Morgan fingerprint density at radius 3 is 2.97 bits per heavy atom. The largest absolute Gasteiger partial charge is 0.459 e. The molecule has 7 nitrogen and oxygen atoms in total. The van der Waals surface area contributed by atoms with Gasteiger partial charge in [0.1, 0.15) is 11.9 Å². The molecule has 162 valence electrons. The normalized spacial score (nSPS) is 21.1. The van der Waals surface area contributed by atoms with E-state index in [9.17, 15) is 9.18 Å². The molecule has 5 rings (SSSR count). The van der Waals surface area contributed by atoms with Crippen molar-refractivity contribution in [1.29, 1.82) is 0 Å². The fourth-order valence-electron chi connectivity index (χ4n) is 4.36. The highest BCUT2D eigenvalue weighted by Gasteiger charge is 2.32. The topological polar surface area (TPSA) is 71.5 Å². The van der Waals surface area contributed by atoms with E-state index in [1.165, 1.54) is 11.3 Å². The molecule has 2 aliphatic rings. The van der Waals surface area contributed by atoms with Crippen LogP contribution in [0.1, 0.15) is 42.1 Å². The predicted octanol–water partition coefficient (Wildman–Crippen LogP) is 3.44. The van der Waals surface area contributed by atoms with Crippen molar-refractivity contribution in [2.75, 3.05) is 6.54 Å². The molecule has 0 bridgehead atoms. The number of benzene rings is 1. The summed E-state index contributed by atoms with van der Waals surface area (Å²) < 4.78 is 21.6. The van der Waals surface area contributed by atoms with Crippen molar-refractivity contribution < 1.29 is 13.9 Å². The van der Waals surface area contributed by atoms with Gasteiger partial charge in [0.2, 0.25) is 5.91 Å². The molecular weight excluding hydrogens is 417 g/mol. The Bertz CT molecular complexity index is 1170. The minimum atomic E-state index is -0.190. The van der Waals surface area contributed by atoms with Gasteiger partial charge in [0.05, 0.1) is 27.5 Å². The van der Waals surface area contributed by atoms with Crippen LogP contribution in [0.2, 0.25) is 0 Å². The molecule has 4 heterocycles. The van der Waals surface area contributed by atoms with Gasteiger partial charge in [0.15, 0.2) is 0 Å². The highest BCUT2D eigenvalue weighted by atomic mass is 32.1. The summed E-state index contributed by atoms with van der Waals surface area (Å²) in [5, 5.41) is 0.940. The second-order valence-corrected chi connectivity index (χ2v) is 9.63. The molecule has 0 radical (unpaired) electrons. The van der Waals surface area contributed by atoms with Crippen LogP contribution in [0, 0.1) is 12.7 Å². The van der Waals surface area contributed by atoms with Crippen LogP contribution in [-0.2, 0) is 24.4 Å². The third kappa shape index (κ3) is 3.99. The van der Waals surface area contributed by atoms with Gasteiger partial charge in [-0.1, -0.05) is 0 Å². The minimum Gasteiger partial charge on any atom is -0.459 e. The number of hydrogen-bond donors (Lipinski definition) is 0. The SMILES string of the molecule is CC(=O)N1Cc2cnc(O[C@@H]3C[C@H](C)N(Cc4cc5nc(C)sc5cc4F)C3)nc2C1. The number of likely N-dealkylation sites (tertiary alicyclic amines) is 1. The third-order valence-electron chi connectivity index (χ3n) is 6.05. The van der Waals surface area contributed by atoms with Crippen LogP contribution >= 0.6 is 11.3 Å². The number of aryl methyl sites for hydroxylation is 1. The summed E-state index contributed by atoms with van der Waals surface area (Å²) in [4.78, 5) is 28.9. The average molecular weight is 442 g/mol. The number of amides is 1. The molecule has 0 spiro atoms. The first-order valence-electron chi connectivity index (χ1n) is 10.4. The van der Waals surface area contributed by atoms with Crippen molar-refractivity contribution in [2.24, 2.45) is 0 Å². The summed E-state index contributed by atoms with van der Waals surface area (Å²) in [6.07, 6.45) is 2.50. The van der Waals surface area contributed by atoms with E-state index in [-0.39, 0.29) is 23.9 Å². The van der Waals surface area contributed by atoms with Crippen LogP contribution < -0.4 is 4.74 Å². The van der Waals surface area contributed by atoms with E-state index in [0.717, 1.165) is 32.9 Å². The zero-order valence-corrected chi connectivity index (χ0v) is 18.6. The number of nitrogens with zero attached hydrogens (tertiary/aromatic N) is 5. The van der Waals surface area contributed by atoms with Gasteiger partial charge >= 0.3 is 6.01 Å². The number of thiazole rings is 1. The van der Waals surface area contributed by atoms with Gasteiger partial charge in [-0.05, 0) is 26.0 Å². The number of aromatic nitrogens is 3. The fraction of sp³-hybridized carbons (Fsp3) is 0.455. The minimum absolute atomic E-state index is 0.0268. The number of hydrogen-bond acceptors (Lipinski definition) is 7. The number of halogens is 1. The standard InChI is InChI=1S/C22H24FN5O2S/c1-12-4-17(30-22-24-7-16-9-28(14(3)29)11-20(16)26-22)10-27(12)8-15-5-19-21(6-18(15)23)31-13(2)25-19/h5-7,12,17H,4,8-11H2,1-3H3/t12-,17+/m0/s1. The first-order chi connectivity index (χ1) is 14.9. The smallest absolute Gasteiger partial charge is 0.316 e. The second-order valence-electron chi connectivity index (χ2n) is 8.40. The van der Waals surface area contributed by atoms with E-state index in [1.54, 1.807) is 24.1 Å². The number of rotatable bonds is 4. The number of carbonyl (C=O) groups excluding carboxylic acids is 1. The van der Waals surface area contributed by atoms with E-state index in [2.05, 4.69) is 26.8 Å². The van der Waals surface area contributed by atoms with Gasteiger partial charge in [-0.3, -0.25) is 9.69 Å². The Balaban J connectivity index is 1.26. The van der Waals surface area contributed by atoms with Crippen LogP contribution in [0.25, 0.3) is 10.2 Å². The lowest BCUT2D eigenvalue weighted by Crippen LogP contribution is -2.28. The van der Waals surface area contributed by atoms with Crippen molar-refractivity contribution in [1.82, 2.24) is 24.8 Å². The molecule has 1 aromatic carbocycles. The number of fused-ring (bicyclic) bond motifs is 2. The lowest BCUT2D eigenvalue weighted by molar-refractivity contribution is -0.129. The molecule has 2 atom stereocenters. The monoisotopic (exact) mass is 441 g/mol. The fourth-order valence-corrected chi connectivity index (χ4v) is 5.20. The van der Waals surface area contributed by atoms with Crippen LogP contribution in [0.3, 0.4) is 0 Å². The summed E-state index contributed by atoms with van der Waals surface area (Å²) in [7, 11) is 0. The summed E-state index contributed by atoms with van der Waals surface area (Å²) in [5.74, 6) is -0.163. The zero-order chi connectivity index (χ0) is 21.7. The predicted molar refractivity (Wildman–Crippen MR) is 115 cm³/mol. The van der Waals surface area contributed by atoms with E-state index < -0.39 is 0 Å². The zero-order valence-electron chi connectivity index (χ0n) is 17.8. The van der Waals surface area contributed by atoms with E-state index >= 15 is 0 Å². The van der Waals surface area contributed by atoms with Crippen LogP contribution in [0.5, 0.6) is 6.01 Å². The molecule has 2 aromatic heterocycles. The van der Waals surface area contributed by atoms with Crippen LogP contribution in [0.4, 0.5) is 4.39 Å². The van der Waals surface area contributed by atoms with Crippen LogP contribution in [0.15, 0.2) is 18.3 Å². The van der Waals surface area contributed by atoms with Crippen molar-refractivity contribution in [3.8, 4) is 6.01 Å². The first-order valence-corrected chi connectivity index (χ1v) is 11.2. The highest BCUT2D eigenvalue weighted by molar-refractivity contribution is 7.18. The molecule has 0 saturated carbocycles. The van der Waals surface area contributed by atoms with Gasteiger partial charge < -0.3 is 9.64 Å². The average Bonchev–Trinajstić information content (AvgIpc) is 3.38. The van der Waals surface area contributed by atoms with Crippen molar-refractivity contribution in [2.45, 2.75) is 59.0 Å². The molecule has 9 heteroatoms. The van der Waals surface area contributed by atoms with Crippen LogP contribution in [-0.4, -0.2) is 49.3 Å². The van der Waals surface area contributed by atoms with Crippen molar-refractivity contribution >= 4 is 27.5 Å². The Labute approximate surface area is 183 Å². The van der Waals surface area contributed by atoms with Crippen molar-refractivity contribution in [3.63, 3.8) is 0 Å². The summed E-state index contributed by atoms with van der Waals surface area (Å²) in [6, 6.07) is 4.04. The molecule has 0 N–H and O–H groups in total. The van der Waals surface area contributed by atoms with Gasteiger partial charge in [-0.25, -0.2) is 14.4 Å². The molecule has 1 saturated heterocycles. The molecular formula is C22H24FN5O2S. The molecule has 1 fully saturated rings. The molecule has 1 amide bonds. The quantitative estimate of drug-likeness (QED) is 0.618. The molecule has 0 aliphatic carbocycles. The van der Waals surface area contributed by atoms with E-state index in [4.69, 9.17) is 4.74 Å². The Kier molecular flexibility index (Phi) is 5.10. The van der Waals surface area contributed by atoms with Crippen molar-refractivity contribution in [3.05, 3.63) is 46.0 Å². The Morgan fingerprint density at radius 2 is 2.16 bits per heavy atom. The Hall–Kier alpha value is -2.65. The lowest BCUT2D eigenvalue weighted by atomic mass is 10.1. The molecule has 3 aromatic rings. The van der Waals surface area contributed by atoms with Gasteiger partial charge in [-0.2, -0.15) is 4.98 Å². The third-order valence-corrected chi connectivity index (χ3v) is 6.99. The highest BCUT2D eigenvalue weighted by Crippen LogP contribution is 2.29. The second kappa shape index (κ2) is 7.80. The van der Waals surface area contributed by atoms with Gasteiger partial charge in [0.25, 0.3) is 0 Å². The van der Waals surface area contributed by atoms with E-state index in [0.29, 0.717) is 37.8 Å². The maximum absolute atomic E-state index is 14.6. The summed E-state index contributed by atoms with van der Waals surface area (Å²) in [5.41, 5.74) is 3.32. The summed E-state index contributed by atoms with van der Waals surface area (Å²) >= 11 is 1.51. The maximum Gasteiger partial charge on any atom is 0.316 e. The number of ether oxygens (including phenoxy) is 1. The number of carbonyl (C=O) groups is 1. The van der Waals surface area contributed by atoms with E-state index in [1.807, 2.05) is 13.0 Å². The Morgan fingerprint density at radius 1 is 1.32 bits per heavy atom. The molecule has 31 heavy (non-hydrogen) atoms. The molecule has 0 unspecified atom stereocenters. The van der Waals surface area contributed by atoms with Gasteiger partial charge in [-0.15, -0.1) is 11.3 Å². The van der Waals surface area contributed by atoms with Gasteiger partial charge in [0, 0.05) is 56.3 Å².